The molecule has 1 aliphatic rings. The minimum absolute atomic E-state index is 0.117. The molecule has 6 nitrogen and oxygen atoms in total. The molecule has 0 spiro atoms. The van der Waals surface area contributed by atoms with Gasteiger partial charge in [0.25, 0.3) is 0 Å². The number of rotatable bonds is 7. The lowest BCUT2D eigenvalue weighted by atomic mass is 9.74. The molecule has 1 aromatic carbocycles. The number of halogens is 4. The number of carboxylic acid groups (broad SMARTS) is 1. The molecule has 0 aliphatic heterocycles. The predicted molar refractivity (Wildman–Crippen MR) is 90.4 cm³/mol. The Balaban J connectivity index is 2.12. The van der Waals surface area contributed by atoms with Crippen molar-refractivity contribution in [1.29, 1.82) is 0 Å². The van der Waals surface area contributed by atoms with Crippen LogP contribution in [0.25, 0.3) is 0 Å². The van der Waals surface area contributed by atoms with Crippen molar-refractivity contribution in [2.45, 2.75) is 37.5 Å². The summed E-state index contributed by atoms with van der Waals surface area (Å²) in [5.74, 6) is -3.35. The molecule has 1 saturated carbocycles. The third kappa shape index (κ3) is 5.25. The number of benzene rings is 1. The van der Waals surface area contributed by atoms with Crippen LogP contribution in [0.5, 0.6) is 0 Å². The fraction of sp³-hybridized carbons (Fsp3) is 0.389. The highest BCUT2D eigenvalue weighted by molar-refractivity contribution is 6.30. The summed E-state index contributed by atoms with van der Waals surface area (Å²) in [5, 5.41) is 8.31. The van der Waals surface area contributed by atoms with Gasteiger partial charge in [0.1, 0.15) is 5.60 Å². The third-order valence-electron chi connectivity index (χ3n) is 4.19. The van der Waals surface area contributed by atoms with Gasteiger partial charge in [-0.25, -0.2) is 9.59 Å². The molecular weight excluding hydrogens is 405 g/mol. The van der Waals surface area contributed by atoms with Gasteiger partial charge in [-0.3, -0.25) is 4.79 Å². The number of carbonyl (C=O) groups is 3. The van der Waals surface area contributed by atoms with E-state index < -0.39 is 48.3 Å². The first kappa shape index (κ1) is 21.7. The van der Waals surface area contributed by atoms with Gasteiger partial charge in [-0.1, -0.05) is 18.2 Å². The van der Waals surface area contributed by atoms with Gasteiger partial charge in [0.2, 0.25) is 0 Å². The summed E-state index contributed by atoms with van der Waals surface area (Å²) in [6, 6.07) is 2.97. The van der Waals surface area contributed by atoms with Gasteiger partial charge in [-0.05, 0) is 43.0 Å². The second-order valence-corrected chi connectivity index (χ2v) is 6.73. The number of carboxylic acids is 1. The van der Waals surface area contributed by atoms with Crippen LogP contribution in [0.4, 0.5) is 13.2 Å². The zero-order valence-electron chi connectivity index (χ0n) is 14.5. The summed E-state index contributed by atoms with van der Waals surface area (Å²) in [6.45, 7) is 2.45. The lowest BCUT2D eigenvalue weighted by molar-refractivity contribution is -0.171. The number of carbonyl (C=O) groups excluding carboxylic acids is 2. The molecule has 152 valence electrons. The maximum absolute atomic E-state index is 13.0. The zero-order chi connectivity index (χ0) is 21.1. The quantitative estimate of drug-likeness (QED) is 0.532. The first-order valence-corrected chi connectivity index (χ1v) is 8.47. The average molecular weight is 421 g/mol. The maximum atomic E-state index is 13.0. The second-order valence-electron chi connectivity index (χ2n) is 6.30. The van der Waals surface area contributed by atoms with E-state index in [1.807, 2.05) is 0 Å². The summed E-state index contributed by atoms with van der Waals surface area (Å²) in [7, 11) is 0. The smallest absolute Gasteiger partial charge is 0.416 e. The highest BCUT2D eigenvalue weighted by atomic mass is 35.5. The van der Waals surface area contributed by atoms with E-state index in [0.29, 0.717) is 19.3 Å². The number of hydrogen-bond acceptors (Lipinski definition) is 5. The summed E-state index contributed by atoms with van der Waals surface area (Å²) < 4.78 is 48.9. The largest absolute Gasteiger partial charge is 0.479 e. The molecule has 1 N–H and O–H groups in total. The minimum atomic E-state index is -4.61. The van der Waals surface area contributed by atoms with E-state index >= 15 is 0 Å². The molecule has 2 rings (SSSR count). The van der Waals surface area contributed by atoms with Crippen molar-refractivity contribution >= 4 is 29.5 Å². The average Bonchev–Trinajstić information content (AvgIpc) is 2.54. The van der Waals surface area contributed by atoms with Gasteiger partial charge in [0, 0.05) is 10.6 Å². The number of ether oxygens (including phenoxy) is 2. The summed E-state index contributed by atoms with van der Waals surface area (Å²) in [6.07, 6.45) is -3.98. The van der Waals surface area contributed by atoms with Crippen LogP contribution in [0.2, 0.25) is 5.02 Å². The number of esters is 2. The summed E-state index contributed by atoms with van der Waals surface area (Å²) in [4.78, 5) is 34.1. The van der Waals surface area contributed by atoms with E-state index in [1.54, 1.807) is 0 Å². The Morgan fingerprint density at radius 1 is 1.21 bits per heavy atom. The van der Waals surface area contributed by atoms with Crippen molar-refractivity contribution in [3.05, 3.63) is 46.5 Å². The summed E-state index contributed by atoms with van der Waals surface area (Å²) in [5.41, 5.74) is -2.44. The normalized spacial score (nSPS) is 15.3. The lowest BCUT2D eigenvalue weighted by Crippen LogP contribution is -2.39. The molecule has 0 amide bonds. The van der Waals surface area contributed by atoms with E-state index in [-0.39, 0.29) is 16.2 Å². The van der Waals surface area contributed by atoms with Gasteiger partial charge in [0.15, 0.2) is 6.61 Å². The van der Waals surface area contributed by atoms with E-state index in [1.165, 1.54) is 6.07 Å². The van der Waals surface area contributed by atoms with Gasteiger partial charge < -0.3 is 14.6 Å². The molecule has 0 radical (unpaired) electrons. The Morgan fingerprint density at radius 3 is 2.36 bits per heavy atom. The van der Waals surface area contributed by atoms with Crippen LogP contribution in [0.1, 0.15) is 36.8 Å². The standard InChI is InChI=1S/C18H16ClF3O6/c1-10(16(26)27-9-14(23)24)5-15(25)28-17(3-2-4-17)11-6-12(18(20,21)22)8-13(19)7-11/h6-8H,1-5,9H2,(H,23,24). The van der Waals surface area contributed by atoms with Gasteiger partial charge >= 0.3 is 24.1 Å². The Morgan fingerprint density at radius 2 is 1.86 bits per heavy atom. The molecule has 1 fully saturated rings. The number of alkyl halides is 3. The molecule has 0 saturated heterocycles. The van der Waals surface area contributed by atoms with Crippen molar-refractivity contribution in [1.82, 2.24) is 0 Å². The second kappa shape index (κ2) is 8.22. The van der Waals surface area contributed by atoms with Crippen LogP contribution in [0, 0.1) is 0 Å². The van der Waals surface area contributed by atoms with Crippen LogP contribution in [0.15, 0.2) is 30.4 Å². The molecule has 1 aliphatic carbocycles. The topological polar surface area (TPSA) is 89.9 Å². The van der Waals surface area contributed by atoms with Crippen LogP contribution >= 0.6 is 11.6 Å². The highest BCUT2D eigenvalue weighted by Crippen LogP contribution is 2.47. The monoisotopic (exact) mass is 420 g/mol. The highest BCUT2D eigenvalue weighted by Gasteiger charge is 2.44. The maximum Gasteiger partial charge on any atom is 0.416 e. The van der Waals surface area contributed by atoms with Crippen LogP contribution in [0.3, 0.4) is 0 Å². The van der Waals surface area contributed by atoms with Crippen molar-refractivity contribution in [2.75, 3.05) is 6.61 Å². The van der Waals surface area contributed by atoms with Crippen molar-refractivity contribution < 1.29 is 42.1 Å². The lowest BCUT2D eigenvalue weighted by Gasteiger charge is -2.41. The van der Waals surface area contributed by atoms with Crippen molar-refractivity contribution in [3.63, 3.8) is 0 Å². The molecule has 0 heterocycles. The van der Waals surface area contributed by atoms with Crippen LogP contribution in [-0.2, 0) is 35.6 Å². The Kier molecular flexibility index (Phi) is 6.38. The van der Waals surface area contributed by atoms with E-state index in [0.717, 1.165) is 12.1 Å². The van der Waals surface area contributed by atoms with Crippen molar-refractivity contribution in [3.8, 4) is 0 Å². The molecule has 0 bridgehead atoms. The Bertz CT molecular complexity index is 814. The molecule has 28 heavy (non-hydrogen) atoms. The molecule has 0 unspecified atom stereocenters. The SMILES string of the molecule is C=C(CC(=O)OC1(c2cc(Cl)cc(C(F)(F)F)c2)CCC1)C(=O)OCC(=O)O. The molecule has 0 atom stereocenters. The fourth-order valence-electron chi connectivity index (χ4n) is 2.69. The fourth-order valence-corrected chi connectivity index (χ4v) is 2.93. The predicted octanol–water partition coefficient (Wildman–Crippen LogP) is 3.86. The molecule has 10 heteroatoms. The number of hydrogen-bond donors (Lipinski definition) is 1. The summed E-state index contributed by atoms with van der Waals surface area (Å²) >= 11 is 5.80. The number of aliphatic carboxylic acids is 1. The van der Waals surface area contributed by atoms with Crippen LogP contribution < -0.4 is 0 Å². The van der Waals surface area contributed by atoms with Gasteiger partial charge in [-0.2, -0.15) is 13.2 Å². The minimum Gasteiger partial charge on any atom is -0.479 e. The Hall–Kier alpha value is -2.55. The van der Waals surface area contributed by atoms with Gasteiger partial charge in [-0.15, -0.1) is 0 Å². The van der Waals surface area contributed by atoms with E-state index in [2.05, 4.69) is 11.3 Å². The van der Waals surface area contributed by atoms with E-state index in [9.17, 15) is 27.6 Å². The first-order valence-electron chi connectivity index (χ1n) is 8.10. The first-order chi connectivity index (χ1) is 12.9. The third-order valence-corrected chi connectivity index (χ3v) is 4.41. The van der Waals surface area contributed by atoms with E-state index in [4.69, 9.17) is 21.4 Å². The van der Waals surface area contributed by atoms with Crippen molar-refractivity contribution in [2.24, 2.45) is 0 Å². The zero-order valence-corrected chi connectivity index (χ0v) is 15.2. The molecule has 1 aromatic rings. The molecule has 0 aromatic heterocycles. The van der Waals surface area contributed by atoms with Gasteiger partial charge in [0.05, 0.1) is 12.0 Å². The molecular formula is C18H16ClF3O6. The van der Waals surface area contributed by atoms with Crippen LogP contribution in [-0.4, -0.2) is 29.6 Å². The Labute approximate surface area is 162 Å².